The number of benzene rings is 3. The Kier molecular flexibility index (Phi) is 8.23. The van der Waals surface area contributed by atoms with Crippen LogP contribution in [0.15, 0.2) is 71.5 Å². The number of nitrogens with zero attached hydrogens (tertiary/aromatic N) is 5. The highest BCUT2D eigenvalue weighted by molar-refractivity contribution is 6.03. The SMILES string of the molecule is COc1ccc(N(C(=O)Nc2ccc(F)cc2)C(C)c2nc3ccccc3c(=O)n2N2CCN(C=O)CC2)c(OC)c1.[HH]. The van der Waals surface area contributed by atoms with Crippen molar-refractivity contribution in [3.05, 3.63) is 88.7 Å². The Bertz CT molecular complexity index is 1660. The van der Waals surface area contributed by atoms with E-state index in [1.54, 1.807) is 54.3 Å². The molecule has 0 aliphatic carbocycles. The average Bonchev–Trinajstić information content (AvgIpc) is 3.02. The van der Waals surface area contributed by atoms with Gasteiger partial charge in [-0.15, -0.1) is 0 Å². The molecule has 3 amide bonds. The largest absolute Gasteiger partial charge is 0.497 e. The third-order valence-electron chi connectivity index (χ3n) is 7.22. The standard InChI is InChI=1S/C30H31FN6O5.H2/c1-20(28-33-25-7-5-4-6-24(25)29(39)37(28)35-16-14-34(19-38)15-17-35)36(26-13-12-23(41-2)18-27(26)42-3)30(40)32-22-10-8-21(31)9-11-22;/h4-13,18-20H,14-17H2,1-3H3,(H,32,40);1H. The molecule has 1 aromatic heterocycles. The Morgan fingerprint density at radius 1 is 1.05 bits per heavy atom. The topological polar surface area (TPSA) is 109 Å². The van der Waals surface area contributed by atoms with Crippen LogP contribution in [-0.4, -0.2) is 67.4 Å². The molecule has 0 radical (unpaired) electrons. The van der Waals surface area contributed by atoms with Gasteiger partial charge >= 0.3 is 6.03 Å². The molecule has 0 spiro atoms. The summed E-state index contributed by atoms with van der Waals surface area (Å²) in [6.07, 6.45) is 0.791. The van der Waals surface area contributed by atoms with E-state index in [2.05, 4.69) is 5.32 Å². The monoisotopic (exact) mass is 576 g/mol. The smallest absolute Gasteiger partial charge is 0.327 e. The van der Waals surface area contributed by atoms with Gasteiger partial charge < -0.3 is 24.7 Å². The van der Waals surface area contributed by atoms with Crippen molar-refractivity contribution in [3.63, 3.8) is 0 Å². The zero-order chi connectivity index (χ0) is 29.8. The van der Waals surface area contributed by atoms with E-state index < -0.39 is 17.9 Å². The molecule has 220 valence electrons. The van der Waals surface area contributed by atoms with Crippen LogP contribution in [0.3, 0.4) is 0 Å². The minimum atomic E-state index is -0.811. The van der Waals surface area contributed by atoms with Gasteiger partial charge in [-0.2, -0.15) is 0 Å². The molecule has 4 aromatic rings. The molecule has 1 unspecified atom stereocenters. The Labute approximate surface area is 243 Å². The number of fused-ring (bicyclic) bond motifs is 1. The fraction of sp³-hybridized carbons (Fsp3) is 0.267. The van der Waals surface area contributed by atoms with Crippen molar-refractivity contribution in [1.82, 2.24) is 14.6 Å². The Balaban J connectivity index is 0.00000423. The summed E-state index contributed by atoms with van der Waals surface area (Å²) in [7, 11) is 3.01. The van der Waals surface area contributed by atoms with E-state index in [1.165, 1.54) is 48.1 Å². The number of halogens is 1. The normalized spacial score (nSPS) is 13.9. The number of urea groups is 1. The highest BCUT2D eigenvalue weighted by atomic mass is 19.1. The summed E-state index contributed by atoms with van der Waals surface area (Å²) in [5.74, 6) is 0.750. The predicted octanol–water partition coefficient (Wildman–Crippen LogP) is 4.01. The molecular formula is C30H33FN6O5. The second-order valence-electron chi connectivity index (χ2n) is 9.72. The third kappa shape index (κ3) is 5.55. The van der Waals surface area contributed by atoms with Gasteiger partial charge in [0.05, 0.1) is 49.9 Å². The lowest BCUT2D eigenvalue weighted by Crippen LogP contribution is -2.55. The number of hydrogen-bond donors (Lipinski definition) is 1. The van der Waals surface area contributed by atoms with Crippen LogP contribution >= 0.6 is 0 Å². The van der Waals surface area contributed by atoms with Crippen molar-refractivity contribution in [2.75, 3.05) is 55.6 Å². The molecule has 12 heteroatoms. The van der Waals surface area contributed by atoms with Crippen LogP contribution < -0.4 is 30.3 Å². The number of nitrogens with one attached hydrogen (secondary N) is 1. The number of piperazine rings is 1. The van der Waals surface area contributed by atoms with Crippen molar-refractivity contribution < 1.29 is 24.9 Å². The van der Waals surface area contributed by atoms with E-state index in [9.17, 15) is 18.8 Å². The summed E-state index contributed by atoms with van der Waals surface area (Å²) in [5, 5.41) is 5.09. The van der Waals surface area contributed by atoms with E-state index in [0.29, 0.717) is 65.8 Å². The first kappa shape index (κ1) is 28.4. The minimum Gasteiger partial charge on any atom is -0.497 e. The van der Waals surface area contributed by atoms with E-state index in [1.807, 2.05) is 5.01 Å². The number of rotatable bonds is 8. The van der Waals surface area contributed by atoms with Crippen molar-refractivity contribution in [2.24, 2.45) is 0 Å². The second kappa shape index (κ2) is 12.2. The Hall–Kier alpha value is -5.13. The highest BCUT2D eigenvalue weighted by Gasteiger charge is 2.32. The van der Waals surface area contributed by atoms with E-state index in [0.717, 1.165) is 6.41 Å². The van der Waals surface area contributed by atoms with Gasteiger partial charge in [0, 0.05) is 26.3 Å². The van der Waals surface area contributed by atoms with Gasteiger partial charge in [0.2, 0.25) is 6.41 Å². The summed E-state index contributed by atoms with van der Waals surface area (Å²) in [6.45, 7) is 3.41. The van der Waals surface area contributed by atoms with Crippen LogP contribution in [0.25, 0.3) is 10.9 Å². The minimum absolute atomic E-state index is 0. The molecule has 0 bridgehead atoms. The first-order valence-electron chi connectivity index (χ1n) is 13.4. The van der Waals surface area contributed by atoms with Gasteiger partial charge in [0.15, 0.2) is 5.82 Å². The molecule has 1 aliphatic rings. The molecule has 1 N–H and O–H groups in total. The molecule has 1 fully saturated rings. The molecule has 3 aromatic carbocycles. The van der Waals surface area contributed by atoms with Crippen LogP contribution in [0, 0.1) is 5.82 Å². The molecule has 0 saturated carbocycles. The van der Waals surface area contributed by atoms with E-state index >= 15 is 0 Å². The number of aromatic nitrogens is 2. The van der Waals surface area contributed by atoms with Gasteiger partial charge in [-0.25, -0.2) is 18.8 Å². The Morgan fingerprint density at radius 2 is 1.76 bits per heavy atom. The van der Waals surface area contributed by atoms with Gasteiger partial charge in [0.1, 0.15) is 17.3 Å². The lowest BCUT2D eigenvalue weighted by atomic mass is 10.1. The third-order valence-corrected chi connectivity index (χ3v) is 7.22. The highest BCUT2D eigenvalue weighted by Crippen LogP contribution is 2.37. The Morgan fingerprint density at radius 3 is 2.43 bits per heavy atom. The number of anilines is 2. The maximum absolute atomic E-state index is 14.0. The van der Waals surface area contributed by atoms with Crippen LogP contribution in [-0.2, 0) is 4.79 Å². The fourth-order valence-electron chi connectivity index (χ4n) is 5.01. The zero-order valence-corrected chi connectivity index (χ0v) is 23.5. The summed E-state index contributed by atoms with van der Waals surface area (Å²) < 4.78 is 26.1. The van der Waals surface area contributed by atoms with E-state index in [-0.39, 0.29) is 6.99 Å². The number of amides is 3. The van der Waals surface area contributed by atoms with Crippen LogP contribution in [0.1, 0.15) is 20.2 Å². The predicted molar refractivity (Wildman–Crippen MR) is 160 cm³/mol. The first-order valence-corrected chi connectivity index (χ1v) is 13.4. The van der Waals surface area contributed by atoms with Crippen molar-refractivity contribution >= 4 is 34.7 Å². The number of ether oxygens (including phenoxy) is 2. The molecule has 5 rings (SSSR count). The van der Waals surface area contributed by atoms with Crippen molar-refractivity contribution in [3.8, 4) is 11.5 Å². The molecule has 1 saturated heterocycles. The van der Waals surface area contributed by atoms with E-state index in [4.69, 9.17) is 14.5 Å². The molecule has 1 aliphatic heterocycles. The van der Waals surface area contributed by atoms with Gasteiger partial charge in [-0.1, -0.05) is 12.1 Å². The van der Waals surface area contributed by atoms with Crippen LogP contribution in [0.5, 0.6) is 11.5 Å². The number of methoxy groups -OCH3 is 2. The quantitative estimate of drug-likeness (QED) is 0.316. The van der Waals surface area contributed by atoms with Crippen LogP contribution in [0.4, 0.5) is 20.6 Å². The lowest BCUT2D eigenvalue weighted by molar-refractivity contribution is -0.118. The first-order chi connectivity index (χ1) is 20.3. The van der Waals surface area contributed by atoms with Gasteiger partial charge in [0.25, 0.3) is 5.56 Å². The zero-order valence-electron chi connectivity index (χ0n) is 23.5. The number of carbonyl (C=O) groups is 2. The molecule has 42 heavy (non-hydrogen) atoms. The van der Waals surface area contributed by atoms with Crippen molar-refractivity contribution in [2.45, 2.75) is 13.0 Å². The second-order valence-corrected chi connectivity index (χ2v) is 9.72. The summed E-state index contributed by atoms with van der Waals surface area (Å²) >= 11 is 0. The summed E-state index contributed by atoms with van der Waals surface area (Å²) in [4.78, 5) is 47.3. The molecular weight excluding hydrogens is 543 g/mol. The van der Waals surface area contributed by atoms with Gasteiger partial charge in [-0.3, -0.25) is 14.5 Å². The average molecular weight is 577 g/mol. The maximum atomic E-state index is 14.0. The lowest BCUT2D eigenvalue weighted by Gasteiger charge is -2.38. The van der Waals surface area contributed by atoms with Gasteiger partial charge in [-0.05, 0) is 55.5 Å². The number of para-hydroxylation sites is 1. The summed E-state index contributed by atoms with van der Waals surface area (Å²) in [5.41, 5.74) is 0.959. The molecule has 11 nitrogen and oxygen atoms in total. The molecule has 1 atom stereocenters. The fourth-order valence-corrected chi connectivity index (χ4v) is 5.01. The van der Waals surface area contributed by atoms with Crippen LogP contribution in [0.2, 0.25) is 0 Å². The maximum Gasteiger partial charge on any atom is 0.327 e. The van der Waals surface area contributed by atoms with Crippen molar-refractivity contribution in [1.29, 1.82) is 0 Å². The molecule has 2 heterocycles. The summed E-state index contributed by atoms with van der Waals surface area (Å²) in [6, 6.07) is 16.1. The number of hydrogen-bond acceptors (Lipinski definition) is 7. The number of carbonyl (C=O) groups excluding carboxylic acids is 2.